The summed E-state index contributed by atoms with van der Waals surface area (Å²) in [5.41, 5.74) is 9.77. The van der Waals surface area contributed by atoms with E-state index in [0.717, 1.165) is 28.8 Å². The second-order valence-electron chi connectivity index (χ2n) is 4.63. The van der Waals surface area contributed by atoms with Gasteiger partial charge in [0.2, 0.25) is 0 Å². The summed E-state index contributed by atoms with van der Waals surface area (Å²) >= 11 is 0. The molecule has 0 aliphatic carbocycles. The maximum absolute atomic E-state index is 5.86. The Morgan fingerprint density at radius 1 is 1.10 bits per heavy atom. The molecule has 0 bridgehead atoms. The largest absolute Gasteiger partial charge is 0.399 e. The van der Waals surface area contributed by atoms with E-state index < -0.39 is 0 Å². The van der Waals surface area contributed by atoms with Crippen molar-refractivity contribution >= 4 is 28.1 Å². The van der Waals surface area contributed by atoms with Gasteiger partial charge in [0.1, 0.15) is 12.1 Å². The van der Waals surface area contributed by atoms with Crippen molar-refractivity contribution in [2.24, 2.45) is 0 Å². The Kier molecular flexibility index (Phi) is 3.21. The van der Waals surface area contributed by atoms with Gasteiger partial charge in [0.25, 0.3) is 0 Å². The van der Waals surface area contributed by atoms with Gasteiger partial charge in [-0.25, -0.2) is 9.97 Å². The van der Waals surface area contributed by atoms with E-state index in [0.29, 0.717) is 5.69 Å². The van der Waals surface area contributed by atoms with E-state index in [9.17, 15) is 0 Å². The lowest BCUT2D eigenvalue weighted by Gasteiger charge is -2.12. The second-order valence-corrected chi connectivity index (χ2v) is 4.63. The zero-order valence-electron chi connectivity index (χ0n) is 11.3. The van der Waals surface area contributed by atoms with Crippen LogP contribution in [0.2, 0.25) is 0 Å². The number of rotatable bonds is 3. The molecule has 0 saturated carbocycles. The Bertz CT molecular complexity index is 752. The molecule has 100 valence electrons. The predicted molar refractivity (Wildman–Crippen MR) is 83.1 cm³/mol. The number of fused-ring (bicyclic) bond motifs is 1. The van der Waals surface area contributed by atoms with Crippen molar-refractivity contribution in [2.75, 3.05) is 11.1 Å². The fourth-order valence-corrected chi connectivity index (χ4v) is 2.25. The lowest BCUT2D eigenvalue weighted by Crippen LogP contribution is -1.99. The average Bonchev–Trinajstić information content (AvgIpc) is 2.48. The van der Waals surface area contributed by atoms with Crippen molar-refractivity contribution in [3.05, 3.63) is 54.4 Å². The lowest BCUT2D eigenvalue weighted by atomic mass is 10.1. The van der Waals surface area contributed by atoms with Crippen LogP contribution in [0.1, 0.15) is 12.5 Å². The maximum atomic E-state index is 5.86. The first kappa shape index (κ1) is 12.4. The third-order valence-corrected chi connectivity index (χ3v) is 3.31. The number of para-hydroxylation sites is 1. The molecule has 0 amide bonds. The number of benzene rings is 2. The Hall–Kier alpha value is -2.62. The van der Waals surface area contributed by atoms with Crippen LogP contribution in [-0.4, -0.2) is 9.97 Å². The molecule has 3 rings (SSSR count). The Morgan fingerprint density at radius 2 is 1.95 bits per heavy atom. The number of aromatic nitrogens is 2. The van der Waals surface area contributed by atoms with E-state index in [1.807, 2.05) is 30.3 Å². The van der Waals surface area contributed by atoms with Crippen LogP contribution < -0.4 is 11.1 Å². The summed E-state index contributed by atoms with van der Waals surface area (Å²) in [6, 6.07) is 13.9. The number of hydrogen-bond acceptors (Lipinski definition) is 4. The molecule has 0 atom stereocenters. The molecule has 0 saturated heterocycles. The van der Waals surface area contributed by atoms with Crippen molar-refractivity contribution in [1.29, 1.82) is 0 Å². The van der Waals surface area contributed by atoms with Gasteiger partial charge in [0.15, 0.2) is 0 Å². The molecule has 1 aromatic heterocycles. The first-order chi connectivity index (χ1) is 9.78. The molecule has 0 unspecified atom stereocenters. The minimum atomic E-state index is 0.708. The summed E-state index contributed by atoms with van der Waals surface area (Å²) < 4.78 is 0. The van der Waals surface area contributed by atoms with Gasteiger partial charge < -0.3 is 11.1 Å². The maximum Gasteiger partial charge on any atom is 0.141 e. The summed E-state index contributed by atoms with van der Waals surface area (Å²) in [6.07, 6.45) is 2.53. The van der Waals surface area contributed by atoms with Crippen LogP contribution in [0.25, 0.3) is 10.9 Å². The summed E-state index contributed by atoms with van der Waals surface area (Å²) in [7, 11) is 0. The monoisotopic (exact) mass is 264 g/mol. The van der Waals surface area contributed by atoms with Crippen molar-refractivity contribution in [3.63, 3.8) is 0 Å². The summed E-state index contributed by atoms with van der Waals surface area (Å²) in [4.78, 5) is 8.60. The molecule has 3 N–H and O–H groups in total. The van der Waals surface area contributed by atoms with Crippen LogP contribution in [0.15, 0.2) is 48.8 Å². The number of nitrogens with zero attached hydrogens (tertiary/aromatic N) is 2. The molecule has 4 heteroatoms. The van der Waals surface area contributed by atoms with Crippen molar-refractivity contribution in [2.45, 2.75) is 13.3 Å². The van der Waals surface area contributed by atoms with Crippen molar-refractivity contribution < 1.29 is 0 Å². The second kappa shape index (κ2) is 5.17. The van der Waals surface area contributed by atoms with Crippen LogP contribution >= 0.6 is 0 Å². The van der Waals surface area contributed by atoms with Gasteiger partial charge in [-0.05, 0) is 36.2 Å². The quantitative estimate of drug-likeness (QED) is 0.710. The highest BCUT2D eigenvalue weighted by Crippen LogP contribution is 2.26. The van der Waals surface area contributed by atoms with E-state index in [1.54, 1.807) is 6.33 Å². The highest BCUT2D eigenvalue weighted by molar-refractivity contribution is 5.92. The normalized spacial score (nSPS) is 10.7. The van der Waals surface area contributed by atoms with Crippen molar-refractivity contribution in [1.82, 2.24) is 9.97 Å². The minimum Gasteiger partial charge on any atom is -0.399 e. The van der Waals surface area contributed by atoms with Gasteiger partial charge in [-0.2, -0.15) is 0 Å². The van der Waals surface area contributed by atoms with Gasteiger partial charge in [0, 0.05) is 16.8 Å². The zero-order chi connectivity index (χ0) is 13.9. The number of nitrogens with one attached hydrogen (secondary N) is 1. The van der Waals surface area contributed by atoms with Crippen LogP contribution in [0.5, 0.6) is 0 Å². The summed E-state index contributed by atoms with van der Waals surface area (Å²) in [5.74, 6) is 0.781. The van der Waals surface area contributed by atoms with E-state index in [1.165, 1.54) is 5.56 Å². The molecule has 3 aromatic rings. The third-order valence-electron chi connectivity index (χ3n) is 3.31. The SMILES string of the molecule is CCc1ccccc1Nc1ncnc2ccc(N)cc12. The first-order valence-corrected chi connectivity index (χ1v) is 6.63. The predicted octanol–water partition coefficient (Wildman–Crippen LogP) is 3.52. The van der Waals surface area contributed by atoms with Crippen LogP contribution in [0.3, 0.4) is 0 Å². The molecule has 0 spiro atoms. The van der Waals surface area contributed by atoms with E-state index in [4.69, 9.17) is 5.73 Å². The Labute approximate surface area is 117 Å². The number of hydrogen-bond donors (Lipinski definition) is 2. The topological polar surface area (TPSA) is 63.8 Å². The molecular weight excluding hydrogens is 248 g/mol. The molecule has 4 nitrogen and oxygen atoms in total. The molecule has 1 heterocycles. The molecular formula is C16H16N4. The third kappa shape index (κ3) is 2.28. The van der Waals surface area contributed by atoms with Gasteiger partial charge in [-0.3, -0.25) is 0 Å². The van der Waals surface area contributed by atoms with Crippen LogP contribution in [0.4, 0.5) is 17.2 Å². The molecule has 20 heavy (non-hydrogen) atoms. The van der Waals surface area contributed by atoms with E-state index in [2.05, 4.69) is 34.3 Å². The highest BCUT2D eigenvalue weighted by Gasteiger charge is 2.06. The van der Waals surface area contributed by atoms with Gasteiger partial charge in [-0.1, -0.05) is 25.1 Å². The van der Waals surface area contributed by atoms with Gasteiger partial charge in [-0.15, -0.1) is 0 Å². The highest BCUT2D eigenvalue weighted by atomic mass is 15.0. The molecule has 0 aliphatic heterocycles. The number of anilines is 3. The fraction of sp³-hybridized carbons (Fsp3) is 0.125. The van der Waals surface area contributed by atoms with Crippen LogP contribution in [0, 0.1) is 0 Å². The standard InChI is InChI=1S/C16H16N4/c1-2-11-5-3-4-6-14(11)20-16-13-9-12(17)7-8-15(13)18-10-19-16/h3-10H,2,17H2,1H3,(H,18,19,20). The summed E-state index contributed by atoms with van der Waals surface area (Å²) in [5, 5.41) is 4.32. The van der Waals surface area contributed by atoms with Gasteiger partial charge >= 0.3 is 0 Å². The summed E-state index contributed by atoms with van der Waals surface area (Å²) in [6.45, 7) is 2.14. The van der Waals surface area contributed by atoms with E-state index in [-0.39, 0.29) is 0 Å². The smallest absolute Gasteiger partial charge is 0.141 e. The fourth-order valence-electron chi connectivity index (χ4n) is 2.25. The van der Waals surface area contributed by atoms with E-state index >= 15 is 0 Å². The number of aryl methyl sites for hydroxylation is 1. The molecule has 2 aromatic carbocycles. The number of nitrogen functional groups attached to an aromatic ring is 1. The average molecular weight is 264 g/mol. The van der Waals surface area contributed by atoms with Crippen molar-refractivity contribution in [3.8, 4) is 0 Å². The zero-order valence-corrected chi connectivity index (χ0v) is 11.3. The minimum absolute atomic E-state index is 0.708. The Morgan fingerprint density at radius 3 is 2.80 bits per heavy atom. The van der Waals surface area contributed by atoms with Gasteiger partial charge in [0.05, 0.1) is 5.52 Å². The number of nitrogens with two attached hydrogens (primary N) is 1. The first-order valence-electron chi connectivity index (χ1n) is 6.63. The molecule has 0 radical (unpaired) electrons. The Balaban J connectivity index is 2.08. The molecule has 0 fully saturated rings. The molecule has 0 aliphatic rings. The lowest BCUT2D eigenvalue weighted by molar-refractivity contribution is 1.13. The van der Waals surface area contributed by atoms with Crippen LogP contribution in [-0.2, 0) is 6.42 Å².